The van der Waals surface area contributed by atoms with Crippen LogP contribution in [0.2, 0.25) is 0 Å². The molecule has 0 aliphatic heterocycles. The van der Waals surface area contributed by atoms with Gasteiger partial charge in [0.1, 0.15) is 5.82 Å². The minimum atomic E-state index is -0.215. The van der Waals surface area contributed by atoms with Gasteiger partial charge in [0.05, 0.1) is 18.0 Å². The zero-order chi connectivity index (χ0) is 22.3. The second-order valence-electron chi connectivity index (χ2n) is 7.17. The molecule has 0 aliphatic rings. The van der Waals surface area contributed by atoms with Crippen molar-refractivity contribution in [2.24, 2.45) is 0 Å². The Kier molecular flexibility index (Phi) is 6.46. The molecular weight excluding hydrogens is 406 g/mol. The summed E-state index contributed by atoms with van der Waals surface area (Å²) in [6.07, 6.45) is 0.752. The molecule has 1 aromatic heterocycles. The van der Waals surface area contributed by atoms with Crippen molar-refractivity contribution in [1.82, 2.24) is 15.3 Å². The molecule has 0 atom stereocenters. The van der Waals surface area contributed by atoms with Gasteiger partial charge >= 0.3 is 0 Å². The lowest BCUT2D eigenvalue weighted by Gasteiger charge is -2.12. The third-order valence-corrected chi connectivity index (χ3v) is 4.99. The number of hydrogen-bond donors (Lipinski definition) is 2. The van der Waals surface area contributed by atoms with E-state index in [1.807, 2.05) is 36.4 Å². The third kappa shape index (κ3) is 4.95. The molecule has 0 saturated carbocycles. The van der Waals surface area contributed by atoms with Crippen molar-refractivity contribution >= 4 is 16.8 Å². The molecule has 1 heterocycles. The Morgan fingerprint density at radius 3 is 2.59 bits per heavy atom. The second-order valence-corrected chi connectivity index (χ2v) is 7.17. The van der Waals surface area contributed by atoms with Gasteiger partial charge in [-0.1, -0.05) is 42.5 Å². The molecule has 4 aromatic rings. The minimum absolute atomic E-state index is 0.129. The molecule has 7 nitrogen and oxygen atoms in total. The Morgan fingerprint density at radius 1 is 1.00 bits per heavy atom. The average Bonchev–Trinajstić information content (AvgIpc) is 2.83. The van der Waals surface area contributed by atoms with E-state index in [2.05, 4.69) is 15.3 Å². The highest BCUT2D eigenvalue weighted by atomic mass is 16.5. The van der Waals surface area contributed by atoms with E-state index < -0.39 is 0 Å². The van der Waals surface area contributed by atoms with Crippen LogP contribution in [0.1, 0.15) is 5.56 Å². The summed E-state index contributed by atoms with van der Waals surface area (Å²) >= 11 is 0. The molecule has 2 N–H and O–H groups in total. The van der Waals surface area contributed by atoms with Crippen LogP contribution in [0.15, 0.2) is 77.6 Å². The Labute approximate surface area is 185 Å². The molecule has 4 rings (SSSR count). The largest absolute Gasteiger partial charge is 0.493 e. The number of aromatic nitrogens is 2. The van der Waals surface area contributed by atoms with Gasteiger partial charge in [-0.3, -0.25) is 9.59 Å². The summed E-state index contributed by atoms with van der Waals surface area (Å²) in [4.78, 5) is 31.8. The first-order chi connectivity index (χ1) is 15.6. The van der Waals surface area contributed by atoms with Crippen LogP contribution in [0.5, 0.6) is 11.5 Å². The summed E-state index contributed by atoms with van der Waals surface area (Å²) in [6.45, 7) is 0.402. The number of rotatable bonds is 8. The van der Waals surface area contributed by atoms with E-state index >= 15 is 0 Å². The number of carbonyl (C=O) groups excluding carboxylic acids is 1. The van der Waals surface area contributed by atoms with Crippen molar-refractivity contribution in [3.63, 3.8) is 0 Å². The Morgan fingerprint density at radius 2 is 1.78 bits per heavy atom. The number of nitrogens with zero attached hydrogens (tertiary/aromatic N) is 1. The van der Waals surface area contributed by atoms with Crippen LogP contribution in [0.4, 0.5) is 0 Å². The van der Waals surface area contributed by atoms with Gasteiger partial charge in [0, 0.05) is 12.1 Å². The van der Waals surface area contributed by atoms with Crippen LogP contribution in [0.3, 0.4) is 0 Å². The van der Waals surface area contributed by atoms with E-state index in [4.69, 9.17) is 9.47 Å². The van der Waals surface area contributed by atoms with Gasteiger partial charge in [-0.15, -0.1) is 0 Å². The molecule has 162 valence electrons. The van der Waals surface area contributed by atoms with E-state index in [-0.39, 0.29) is 18.1 Å². The number of methoxy groups -OCH3 is 1. The number of carbonyl (C=O) groups is 1. The summed E-state index contributed by atoms with van der Waals surface area (Å²) in [5, 5.41) is 3.37. The number of H-pyrrole nitrogens is 1. The zero-order valence-corrected chi connectivity index (χ0v) is 17.6. The number of benzene rings is 3. The van der Waals surface area contributed by atoms with Crippen LogP contribution >= 0.6 is 0 Å². The molecule has 1 amide bonds. The summed E-state index contributed by atoms with van der Waals surface area (Å²) in [5.41, 5.74) is 2.23. The highest BCUT2D eigenvalue weighted by molar-refractivity contribution is 5.80. The predicted octanol–water partition coefficient (Wildman–Crippen LogP) is 3.34. The van der Waals surface area contributed by atoms with Crippen LogP contribution < -0.4 is 20.3 Å². The lowest BCUT2D eigenvalue weighted by atomic mass is 10.1. The van der Waals surface area contributed by atoms with Crippen LogP contribution in [-0.2, 0) is 11.2 Å². The number of aromatic amines is 1. The van der Waals surface area contributed by atoms with Crippen molar-refractivity contribution in [3.05, 3.63) is 88.7 Å². The highest BCUT2D eigenvalue weighted by Crippen LogP contribution is 2.31. The van der Waals surface area contributed by atoms with Crippen molar-refractivity contribution in [3.8, 4) is 22.9 Å². The molecule has 0 spiro atoms. The smallest absolute Gasteiger partial charge is 0.259 e. The minimum Gasteiger partial charge on any atom is -0.493 e. The maximum Gasteiger partial charge on any atom is 0.259 e. The van der Waals surface area contributed by atoms with Gasteiger partial charge in [-0.05, 0) is 42.3 Å². The molecule has 0 fully saturated rings. The normalized spacial score (nSPS) is 10.7. The first-order valence-corrected chi connectivity index (χ1v) is 10.2. The van der Waals surface area contributed by atoms with Gasteiger partial charge in [-0.25, -0.2) is 4.98 Å². The fraction of sp³-hybridized carbons (Fsp3) is 0.160. The molecular formula is C25H23N3O4. The number of nitrogens with one attached hydrogen (secondary N) is 2. The van der Waals surface area contributed by atoms with Gasteiger partial charge in [0.25, 0.3) is 11.5 Å². The predicted molar refractivity (Wildman–Crippen MR) is 123 cm³/mol. The lowest BCUT2D eigenvalue weighted by molar-refractivity contribution is -0.123. The molecule has 0 bridgehead atoms. The monoisotopic (exact) mass is 429 g/mol. The van der Waals surface area contributed by atoms with E-state index in [9.17, 15) is 9.59 Å². The SMILES string of the molecule is COc1cc(-c2nc3ccccc3c(=O)[nH]2)ccc1OCC(=O)NCCc1ccccc1. The Bertz CT molecular complexity index is 1290. The molecule has 0 aliphatic carbocycles. The van der Waals surface area contributed by atoms with E-state index in [0.29, 0.717) is 40.3 Å². The first kappa shape index (κ1) is 21.1. The van der Waals surface area contributed by atoms with Gasteiger partial charge in [-0.2, -0.15) is 0 Å². The van der Waals surface area contributed by atoms with Crippen LogP contribution in [0.25, 0.3) is 22.3 Å². The second kappa shape index (κ2) is 9.78. The number of amides is 1. The summed E-state index contributed by atoms with van der Waals surface area (Å²) in [6, 6.07) is 22.3. The number of ether oxygens (including phenoxy) is 2. The zero-order valence-electron chi connectivity index (χ0n) is 17.6. The quantitative estimate of drug-likeness (QED) is 0.448. The fourth-order valence-corrected chi connectivity index (χ4v) is 3.34. The molecule has 7 heteroatoms. The van der Waals surface area contributed by atoms with Crippen LogP contribution in [-0.4, -0.2) is 36.1 Å². The number of hydrogen-bond acceptors (Lipinski definition) is 5. The van der Waals surface area contributed by atoms with Gasteiger partial charge in [0.2, 0.25) is 0 Å². The standard InChI is InChI=1S/C25H23N3O4/c1-31-22-15-18(24-27-20-10-6-5-9-19(20)25(30)28-24)11-12-21(22)32-16-23(29)26-14-13-17-7-3-2-4-8-17/h2-12,15H,13-14,16H2,1H3,(H,26,29)(H,27,28,30). The maximum absolute atomic E-state index is 12.4. The molecule has 3 aromatic carbocycles. The van der Waals surface area contributed by atoms with Gasteiger partial charge < -0.3 is 19.8 Å². The molecule has 0 radical (unpaired) electrons. The van der Waals surface area contributed by atoms with Crippen LogP contribution in [0, 0.1) is 0 Å². The van der Waals surface area contributed by atoms with Crippen molar-refractivity contribution in [1.29, 1.82) is 0 Å². The topological polar surface area (TPSA) is 93.3 Å². The van der Waals surface area contributed by atoms with E-state index in [1.54, 1.807) is 36.4 Å². The Balaban J connectivity index is 1.41. The van der Waals surface area contributed by atoms with Crippen molar-refractivity contribution in [2.75, 3.05) is 20.3 Å². The number of fused-ring (bicyclic) bond motifs is 1. The van der Waals surface area contributed by atoms with Gasteiger partial charge in [0.15, 0.2) is 18.1 Å². The summed E-state index contributed by atoms with van der Waals surface area (Å²) in [7, 11) is 1.52. The number of para-hydroxylation sites is 1. The fourth-order valence-electron chi connectivity index (χ4n) is 3.34. The summed E-state index contributed by atoms with van der Waals surface area (Å²) in [5.74, 6) is 1.08. The highest BCUT2D eigenvalue weighted by Gasteiger charge is 2.12. The lowest BCUT2D eigenvalue weighted by Crippen LogP contribution is -2.30. The van der Waals surface area contributed by atoms with E-state index in [1.165, 1.54) is 7.11 Å². The van der Waals surface area contributed by atoms with Crippen molar-refractivity contribution < 1.29 is 14.3 Å². The molecule has 0 saturated heterocycles. The average molecular weight is 429 g/mol. The maximum atomic E-state index is 12.4. The Hall–Kier alpha value is -4.13. The first-order valence-electron chi connectivity index (χ1n) is 10.2. The summed E-state index contributed by atoms with van der Waals surface area (Å²) < 4.78 is 11.1. The molecule has 0 unspecified atom stereocenters. The molecule has 32 heavy (non-hydrogen) atoms. The van der Waals surface area contributed by atoms with E-state index in [0.717, 1.165) is 12.0 Å². The third-order valence-electron chi connectivity index (χ3n) is 4.99. The van der Waals surface area contributed by atoms with Crippen molar-refractivity contribution in [2.45, 2.75) is 6.42 Å².